The fraction of sp³-hybridized carbons (Fsp3) is 0.182. The second-order valence-corrected chi connectivity index (χ2v) is 6.27. The zero-order valence-electron chi connectivity index (χ0n) is 9.70. The molecule has 5 nitrogen and oxygen atoms in total. The predicted molar refractivity (Wildman–Crippen MR) is 72.0 cm³/mol. The van der Waals surface area contributed by atoms with Crippen molar-refractivity contribution in [3.05, 3.63) is 41.4 Å². The van der Waals surface area contributed by atoms with Crippen molar-refractivity contribution in [3.63, 3.8) is 0 Å². The first-order valence-electron chi connectivity index (χ1n) is 5.25. The van der Waals surface area contributed by atoms with Gasteiger partial charge in [-0.1, -0.05) is 12.1 Å². The maximum Gasteiger partial charge on any atom is 0.238 e. The van der Waals surface area contributed by atoms with E-state index in [1.165, 1.54) is 23.5 Å². The van der Waals surface area contributed by atoms with E-state index in [0.29, 0.717) is 0 Å². The van der Waals surface area contributed by atoms with Gasteiger partial charge in [-0.3, -0.25) is 0 Å². The van der Waals surface area contributed by atoms with Crippen LogP contribution in [0.1, 0.15) is 18.5 Å². The van der Waals surface area contributed by atoms with Gasteiger partial charge in [-0.25, -0.2) is 18.5 Å². The third-order valence-corrected chi connectivity index (χ3v) is 4.11. The van der Waals surface area contributed by atoms with Crippen molar-refractivity contribution < 1.29 is 8.42 Å². The third kappa shape index (κ3) is 3.06. The molecule has 2 aromatic rings. The molecule has 0 saturated carbocycles. The van der Waals surface area contributed by atoms with Gasteiger partial charge in [0.2, 0.25) is 10.0 Å². The summed E-state index contributed by atoms with van der Waals surface area (Å²) in [7, 11) is -3.63. The van der Waals surface area contributed by atoms with Gasteiger partial charge in [-0.2, -0.15) is 0 Å². The van der Waals surface area contributed by atoms with E-state index in [-0.39, 0.29) is 10.9 Å². The van der Waals surface area contributed by atoms with E-state index in [1.54, 1.807) is 18.3 Å². The molecule has 0 aliphatic carbocycles. The normalized spacial score (nSPS) is 13.2. The molecule has 0 spiro atoms. The Morgan fingerprint density at radius 3 is 2.50 bits per heavy atom. The third-order valence-electron chi connectivity index (χ3n) is 2.48. The summed E-state index contributed by atoms with van der Waals surface area (Å²) in [5.74, 6) is 0. The minimum Gasteiger partial charge on any atom is -0.355 e. The number of hydrogen-bond acceptors (Lipinski definition) is 5. The van der Waals surface area contributed by atoms with Crippen molar-refractivity contribution in [2.75, 3.05) is 5.32 Å². The fourth-order valence-corrected chi connectivity index (χ4v) is 2.64. The van der Waals surface area contributed by atoms with E-state index >= 15 is 0 Å². The van der Waals surface area contributed by atoms with Gasteiger partial charge in [0, 0.05) is 11.6 Å². The van der Waals surface area contributed by atoms with Crippen LogP contribution in [0.4, 0.5) is 5.13 Å². The number of rotatable bonds is 4. The number of aromatic nitrogens is 1. The second-order valence-electron chi connectivity index (χ2n) is 3.82. The van der Waals surface area contributed by atoms with Gasteiger partial charge in [-0.15, -0.1) is 11.3 Å². The van der Waals surface area contributed by atoms with E-state index in [9.17, 15) is 8.42 Å². The molecule has 0 amide bonds. The molecule has 1 aromatic heterocycles. The minimum atomic E-state index is -3.63. The van der Waals surface area contributed by atoms with Gasteiger partial charge in [0.25, 0.3) is 0 Å². The van der Waals surface area contributed by atoms with Crippen LogP contribution in [0.25, 0.3) is 0 Å². The van der Waals surface area contributed by atoms with Crippen LogP contribution in [-0.2, 0) is 10.0 Å². The van der Waals surface area contributed by atoms with Crippen LogP contribution in [0.5, 0.6) is 0 Å². The number of thiazole rings is 1. The summed E-state index contributed by atoms with van der Waals surface area (Å²) < 4.78 is 22.2. The number of nitrogens with one attached hydrogen (secondary N) is 1. The van der Waals surface area contributed by atoms with E-state index in [4.69, 9.17) is 5.14 Å². The summed E-state index contributed by atoms with van der Waals surface area (Å²) >= 11 is 1.52. The Labute approximate surface area is 110 Å². The first kappa shape index (κ1) is 13.0. The molecular formula is C11H13N3O2S2. The lowest BCUT2D eigenvalue weighted by molar-refractivity contribution is 0.597. The van der Waals surface area contributed by atoms with Gasteiger partial charge in [0.1, 0.15) is 0 Å². The van der Waals surface area contributed by atoms with Crippen LogP contribution >= 0.6 is 11.3 Å². The number of nitrogens with zero attached hydrogens (tertiary/aromatic N) is 1. The van der Waals surface area contributed by atoms with E-state index in [2.05, 4.69) is 10.3 Å². The van der Waals surface area contributed by atoms with Gasteiger partial charge in [0.15, 0.2) is 5.13 Å². The molecule has 1 unspecified atom stereocenters. The molecule has 96 valence electrons. The van der Waals surface area contributed by atoms with Gasteiger partial charge in [0.05, 0.1) is 10.9 Å². The van der Waals surface area contributed by atoms with Gasteiger partial charge >= 0.3 is 0 Å². The Morgan fingerprint density at radius 2 is 2.00 bits per heavy atom. The predicted octanol–water partition coefficient (Wildman–Crippen LogP) is 1.96. The zero-order chi connectivity index (χ0) is 13.2. The topological polar surface area (TPSA) is 85.1 Å². The smallest absolute Gasteiger partial charge is 0.238 e. The van der Waals surface area contributed by atoms with Crippen LogP contribution in [0, 0.1) is 0 Å². The Hall–Kier alpha value is -1.44. The Morgan fingerprint density at radius 1 is 1.33 bits per heavy atom. The maximum absolute atomic E-state index is 11.1. The standard InChI is InChI=1S/C11H13N3O2S2/c1-8(14-11-13-6-7-17-11)9-2-4-10(5-3-9)18(12,15)16/h2-8H,1H3,(H,13,14)(H2,12,15,16). The van der Waals surface area contributed by atoms with Crippen molar-refractivity contribution in [1.82, 2.24) is 4.98 Å². The van der Waals surface area contributed by atoms with Crippen molar-refractivity contribution in [1.29, 1.82) is 0 Å². The Balaban J connectivity index is 2.14. The summed E-state index contributed by atoms with van der Waals surface area (Å²) in [5, 5.41) is 11.0. The summed E-state index contributed by atoms with van der Waals surface area (Å²) in [4.78, 5) is 4.25. The molecule has 18 heavy (non-hydrogen) atoms. The van der Waals surface area contributed by atoms with Crippen molar-refractivity contribution in [2.24, 2.45) is 5.14 Å². The fourth-order valence-electron chi connectivity index (χ4n) is 1.51. The highest BCUT2D eigenvalue weighted by atomic mass is 32.2. The number of hydrogen-bond donors (Lipinski definition) is 2. The highest BCUT2D eigenvalue weighted by Gasteiger charge is 2.10. The number of primary sulfonamides is 1. The summed E-state index contributed by atoms with van der Waals surface area (Å²) in [6.45, 7) is 1.98. The van der Waals surface area contributed by atoms with Crippen LogP contribution < -0.4 is 10.5 Å². The minimum absolute atomic E-state index is 0.0469. The molecule has 1 aromatic carbocycles. The molecule has 0 radical (unpaired) electrons. The van der Waals surface area contributed by atoms with Crippen LogP contribution in [0.3, 0.4) is 0 Å². The second kappa shape index (κ2) is 5.05. The number of nitrogens with two attached hydrogens (primary N) is 1. The van der Waals surface area contributed by atoms with Crippen molar-refractivity contribution in [2.45, 2.75) is 17.9 Å². The molecule has 0 fully saturated rings. The van der Waals surface area contributed by atoms with Gasteiger partial charge < -0.3 is 5.32 Å². The summed E-state index contributed by atoms with van der Waals surface area (Å²) in [5.41, 5.74) is 0.970. The highest BCUT2D eigenvalue weighted by Crippen LogP contribution is 2.21. The molecule has 0 aliphatic heterocycles. The average Bonchev–Trinajstić information content (AvgIpc) is 2.81. The zero-order valence-corrected chi connectivity index (χ0v) is 11.3. The Kier molecular flexibility index (Phi) is 3.65. The van der Waals surface area contributed by atoms with Crippen LogP contribution in [-0.4, -0.2) is 13.4 Å². The first-order valence-corrected chi connectivity index (χ1v) is 7.68. The lowest BCUT2D eigenvalue weighted by Crippen LogP contribution is -2.12. The first-order chi connectivity index (χ1) is 8.47. The Bertz CT molecular complexity index is 606. The number of anilines is 1. The molecule has 7 heteroatoms. The van der Waals surface area contributed by atoms with Gasteiger partial charge in [-0.05, 0) is 24.6 Å². The average molecular weight is 283 g/mol. The lowest BCUT2D eigenvalue weighted by Gasteiger charge is -2.13. The lowest BCUT2D eigenvalue weighted by atomic mass is 10.1. The molecule has 0 saturated heterocycles. The molecule has 3 N–H and O–H groups in total. The molecule has 0 bridgehead atoms. The molecule has 1 heterocycles. The SMILES string of the molecule is CC(Nc1nccs1)c1ccc(S(N)(=O)=O)cc1. The van der Waals surface area contributed by atoms with Crippen LogP contribution in [0.2, 0.25) is 0 Å². The van der Waals surface area contributed by atoms with E-state index in [0.717, 1.165) is 10.7 Å². The van der Waals surface area contributed by atoms with Crippen molar-refractivity contribution >= 4 is 26.5 Å². The largest absolute Gasteiger partial charge is 0.355 e. The molecular weight excluding hydrogens is 270 g/mol. The monoisotopic (exact) mass is 283 g/mol. The molecule has 2 rings (SSSR count). The number of sulfonamides is 1. The summed E-state index contributed by atoms with van der Waals surface area (Å²) in [6, 6.07) is 6.54. The van der Waals surface area contributed by atoms with Crippen molar-refractivity contribution in [3.8, 4) is 0 Å². The van der Waals surface area contributed by atoms with Crippen LogP contribution in [0.15, 0.2) is 40.7 Å². The molecule has 1 atom stereocenters. The maximum atomic E-state index is 11.1. The summed E-state index contributed by atoms with van der Waals surface area (Å²) in [6.07, 6.45) is 1.73. The highest BCUT2D eigenvalue weighted by molar-refractivity contribution is 7.89. The quantitative estimate of drug-likeness (QED) is 0.898. The van der Waals surface area contributed by atoms with E-state index < -0.39 is 10.0 Å². The van der Waals surface area contributed by atoms with E-state index in [1.807, 2.05) is 12.3 Å². The molecule has 0 aliphatic rings. The number of benzene rings is 1.